The molecule has 2 aliphatic rings. The largest absolute Gasteiger partial charge is 0.309 e. The third-order valence-electron chi connectivity index (χ3n) is 10.5. The summed E-state index contributed by atoms with van der Waals surface area (Å²) in [6.45, 7) is 0. The van der Waals surface area contributed by atoms with Crippen molar-refractivity contribution in [3.05, 3.63) is 175 Å². The van der Waals surface area contributed by atoms with E-state index in [1.165, 1.54) is 54.8 Å². The lowest BCUT2D eigenvalue weighted by Crippen LogP contribution is -2.00. The predicted molar refractivity (Wildman–Crippen MR) is 214 cm³/mol. The van der Waals surface area contributed by atoms with Crippen molar-refractivity contribution >= 4 is 44.2 Å². The zero-order valence-corrected chi connectivity index (χ0v) is 28.3. The fourth-order valence-electron chi connectivity index (χ4n) is 7.90. The molecule has 0 fully saturated rings. The van der Waals surface area contributed by atoms with Gasteiger partial charge >= 0.3 is 0 Å². The van der Waals surface area contributed by atoms with Gasteiger partial charge in [0.15, 0.2) is 5.82 Å². The van der Waals surface area contributed by atoms with Crippen LogP contribution in [0.3, 0.4) is 0 Å². The summed E-state index contributed by atoms with van der Waals surface area (Å²) in [5, 5.41) is 5.07. The van der Waals surface area contributed by atoms with Crippen molar-refractivity contribution in [1.82, 2.24) is 14.5 Å². The van der Waals surface area contributed by atoms with Crippen LogP contribution >= 0.6 is 0 Å². The van der Waals surface area contributed by atoms with Crippen LogP contribution in [-0.2, 0) is 6.42 Å². The molecule has 2 aliphatic carbocycles. The van der Waals surface area contributed by atoms with Gasteiger partial charge in [-0.05, 0) is 101 Å². The van der Waals surface area contributed by atoms with E-state index in [2.05, 4.69) is 162 Å². The van der Waals surface area contributed by atoms with Crippen molar-refractivity contribution in [3.8, 4) is 39.3 Å². The van der Waals surface area contributed by atoms with Crippen LogP contribution in [-0.4, -0.2) is 14.5 Å². The fraction of sp³-hybridized carbons (Fsp3) is 0.0833. The quantitative estimate of drug-likeness (QED) is 0.185. The Morgan fingerprint density at radius 2 is 1.25 bits per heavy atom. The predicted octanol–water partition coefficient (Wildman–Crippen LogP) is 12.4. The summed E-state index contributed by atoms with van der Waals surface area (Å²) in [6.07, 6.45) is 15.5. The van der Waals surface area contributed by atoms with Crippen LogP contribution in [0.2, 0.25) is 0 Å². The average Bonchev–Trinajstić information content (AvgIpc) is 3.56. The molecule has 0 unspecified atom stereocenters. The Balaban J connectivity index is 1.07. The van der Waals surface area contributed by atoms with E-state index in [0.29, 0.717) is 0 Å². The van der Waals surface area contributed by atoms with Crippen molar-refractivity contribution in [2.75, 3.05) is 0 Å². The first-order chi connectivity index (χ1) is 25.3. The molecular weight excluding hydrogens is 619 g/mol. The third-order valence-corrected chi connectivity index (χ3v) is 10.5. The molecule has 242 valence electrons. The van der Waals surface area contributed by atoms with Crippen molar-refractivity contribution in [1.29, 1.82) is 0 Å². The van der Waals surface area contributed by atoms with Crippen molar-refractivity contribution in [3.63, 3.8) is 0 Å². The molecule has 0 spiro atoms. The zero-order chi connectivity index (χ0) is 33.7. The number of benzene rings is 6. The third kappa shape index (κ3) is 5.21. The number of hydrogen-bond donors (Lipinski definition) is 0. The highest BCUT2D eigenvalue weighted by molar-refractivity contribution is 6.21. The smallest absolute Gasteiger partial charge is 0.160 e. The Hall–Kier alpha value is -6.32. The van der Waals surface area contributed by atoms with Gasteiger partial charge in [0.1, 0.15) is 0 Å². The highest BCUT2D eigenvalue weighted by atomic mass is 15.0. The number of aryl methyl sites for hydroxylation is 1. The van der Waals surface area contributed by atoms with E-state index in [1.807, 2.05) is 6.07 Å². The van der Waals surface area contributed by atoms with E-state index in [9.17, 15) is 0 Å². The maximum absolute atomic E-state index is 5.09. The lowest BCUT2D eigenvalue weighted by atomic mass is 9.92. The van der Waals surface area contributed by atoms with E-state index >= 15 is 0 Å². The summed E-state index contributed by atoms with van der Waals surface area (Å²) in [7, 11) is 0. The van der Waals surface area contributed by atoms with Crippen molar-refractivity contribution in [2.45, 2.75) is 25.7 Å². The lowest BCUT2D eigenvalue weighted by molar-refractivity contribution is 0.986. The van der Waals surface area contributed by atoms with Crippen LogP contribution < -0.4 is 0 Å². The number of hydrogen-bond acceptors (Lipinski definition) is 2. The highest BCUT2D eigenvalue weighted by Crippen LogP contribution is 2.39. The standard InChI is InChI=1S/C48H35N3/c1-3-12-33(13-4-1)43-31-44(50-48(49-43)35-14-5-2-6-15-35)34-21-25-40(26-22-34)51-45-18-10-9-17-42(45)47-41-27-23-38(30-39(41)24-28-46(47)51)37-20-19-32-11-7-8-16-36(32)29-37/h1,3-5,8-10,12-31H,2,6-7,11H2. The summed E-state index contributed by atoms with van der Waals surface area (Å²) in [5.41, 5.74) is 13.9. The summed E-state index contributed by atoms with van der Waals surface area (Å²) >= 11 is 0. The van der Waals surface area contributed by atoms with Gasteiger partial charge in [-0.2, -0.15) is 0 Å². The number of aromatic nitrogens is 3. The Morgan fingerprint density at radius 1 is 0.510 bits per heavy atom. The van der Waals surface area contributed by atoms with Crippen LogP contribution in [0, 0.1) is 0 Å². The first-order valence-electron chi connectivity index (χ1n) is 17.9. The Morgan fingerprint density at radius 3 is 2.10 bits per heavy atom. The van der Waals surface area contributed by atoms with Gasteiger partial charge < -0.3 is 4.57 Å². The van der Waals surface area contributed by atoms with Gasteiger partial charge in [0.25, 0.3) is 0 Å². The Labute approximate surface area is 297 Å². The van der Waals surface area contributed by atoms with Gasteiger partial charge in [0.2, 0.25) is 0 Å². The molecule has 0 saturated carbocycles. The van der Waals surface area contributed by atoms with Crippen LogP contribution in [0.25, 0.3) is 83.6 Å². The molecule has 0 amide bonds. The fourth-order valence-corrected chi connectivity index (χ4v) is 7.90. The molecule has 51 heavy (non-hydrogen) atoms. The first kappa shape index (κ1) is 29.6. The summed E-state index contributed by atoms with van der Waals surface area (Å²) in [6, 6.07) is 48.6. The van der Waals surface area contributed by atoms with E-state index in [4.69, 9.17) is 9.97 Å². The average molecular weight is 654 g/mol. The summed E-state index contributed by atoms with van der Waals surface area (Å²) in [5.74, 6) is 0.771. The first-order valence-corrected chi connectivity index (χ1v) is 17.9. The van der Waals surface area contributed by atoms with E-state index < -0.39 is 0 Å². The number of fused-ring (bicyclic) bond motifs is 6. The molecule has 3 nitrogen and oxygen atoms in total. The Bertz CT molecular complexity index is 2730. The molecule has 3 heteroatoms. The zero-order valence-electron chi connectivity index (χ0n) is 28.3. The van der Waals surface area contributed by atoms with Crippen LogP contribution in [0.5, 0.6) is 0 Å². The van der Waals surface area contributed by atoms with Gasteiger partial charge in [-0.15, -0.1) is 0 Å². The molecule has 0 aliphatic heterocycles. The summed E-state index contributed by atoms with van der Waals surface area (Å²) in [4.78, 5) is 10.1. The van der Waals surface area contributed by atoms with Crippen LogP contribution in [0.1, 0.15) is 36.2 Å². The van der Waals surface area contributed by atoms with E-state index in [0.717, 1.165) is 65.3 Å². The monoisotopic (exact) mass is 653 g/mol. The van der Waals surface area contributed by atoms with Crippen molar-refractivity contribution < 1.29 is 0 Å². The molecule has 10 rings (SSSR count). The molecular formula is C48H35N3. The maximum atomic E-state index is 5.09. The van der Waals surface area contributed by atoms with Crippen LogP contribution in [0.15, 0.2) is 158 Å². The van der Waals surface area contributed by atoms with E-state index in [1.54, 1.807) is 0 Å². The van der Waals surface area contributed by atoms with Gasteiger partial charge in [0.05, 0.1) is 22.4 Å². The van der Waals surface area contributed by atoms with Crippen molar-refractivity contribution in [2.24, 2.45) is 0 Å². The van der Waals surface area contributed by atoms with Gasteiger partial charge in [-0.25, -0.2) is 9.97 Å². The topological polar surface area (TPSA) is 30.7 Å². The number of rotatable bonds is 5. The second-order valence-corrected chi connectivity index (χ2v) is 13.6. The molecule has 6 aromatic carbocycles. The molecule has 0 N–H and O–H groups in total. The lowest BCUT2D eigenvalue weighted by Gasteiger charge is -2.13. The molecule has 2 heterocycles. The minimum atomic E-state index is 0.771. The van der Waals surface area contributed by atoms with Gasteiger partial charge in [0, 0.05) is 33.2 Å². The van der Waals surface area contributed by atoms with Crippen LogP contribution in [0.4, 0.5) is 0 Å². The second kappa shape index (κ2) is 12.2. The van der Waals surface area contributed by atoms with Gasteiger partial charge in [-0.3, -0.25) is 0 Å². The second-order valence-electron chi connectivity index (χ2n) is 13.6. The molecule has 0 saturated heterocycles. The summed E-state index contributed by atoms with van der Waals surface area (Å²) < 4.78 is 2.40. The SMILES string of the molecule is C1=CC(c2nc(-c3ccccc3)cc(-c3ccc(-n4c5ccccc5c5c6ccc(-c7ccc8c(c7)C=CCC8)cc6ccc54)cc3)n2)=CCC1. The molecule has 0 bridgehead atoms. The Kier molecular flexibility index (Phi) is 7.09. The number of nitrogens with zero attached hydrogens (tertiary/aromatic N) is 3. The van der Waals surface area contributed by atoms with E-state index in [-0.39, 0.29) is 0 Å². The normalized spacial score (nSPS) is 13.9. The minimum Gasteiger partial charge on any atom is -0.309 e. The van der Waals surface area contributed by atoms with Gasteiger partial charge in [-0.1, -0.05) is 121 Å². The maximum Gasteiger partial charge on any atom is 0.160 e. The highest BCUT2D eigenvalue weighted by Gasteiger charge is 2.17. The number of allylic oxidation sites excluding steroid dienone is 5. The molecule has 2 aromatic heterocycles. The minimum absolute atomic E-state index is 0.771. The molecule has 8 aromatic rings. The number of para-hydroxylation sites is 1. The molecule has 0 atom stereocenters. The molecule has 0 radical (unpaired) electrons.